The SMILES string of the molecule is CCN(CC)CC(C)NCc1cc(Br)ccc1I. The summed E-state index contributed by atoms with van der Waals surface area (Å²) in [6, 6.07) is 6.94. The summed E-state index contributed by atoms with van der Waals surface area (Å²) < 4.78 is 2.47. The monoisotopic (exact) mass is 424 g/mol. The van der Waals surface area contributed by atoms with E-state index < -0.39 is 0 Å². The van der Waals surface area contributed by atoms with Gasteiger partial charge in [0, 0.05) is 27.2 Å². The highest BCUT2D eigenvalue weighted by Gasteiger charge is 2.07. The lowest BCUT2D eigenvalue weighted by atomic mass is 10.2. The molecular formula is C14H22BrIN2. The summed E-state index contributed by atoms with van der Waals surface area (Å²) in [6.07, 6.45) is 0. The molecule has 1 aromatic rings. The normalized spacial score (nSPS) is 13.0. The number of benzene rings is 1. The topological polar surface area (TPSA) is 15.3 Å². The molecule has 1 aromatic carbocycles. The van der Waals surface area contributed by atoms with Crippen LogP contribution in [0.15, 0.2) is 22.7 Å². The Hall–Kier alpha value is 0.350. The van der Waals surface area contributed by atoms with Crippen molar-refractivity contribution in [1.29, 1.82) is 0 Å². The second kappa shape index (κ2) is 8.51. The van der Waals surface area contributed by atoms with E-state index in [1.807, 2.05) is 0 Å². The number of halogens is 2. The first-order valence-electron chi connectivity index (χ1n) is 6.46. The Balaban J connectivity index is 2.46. The van der Waals surface area contributed by atoms with Gasteiger partial charge in [0.1, 0.15) is 0 Å². The minimum absolute atomic E-state index is 0.514. The Labute approximate surface area is 133 Å². The van der Waals surface area contributed by atoms with Crippen LogP contribution >= 0.6 is 38.5 Å². The summed E-state index contributed by atoms with van der Waals surface area (Å²) >= 11 is 5.92. The molecule has 0 aliphatic heterocycles. The molecule has 0 spiro atoms. The molecule has 1 N–H and O–H groups in total. The van der Waals surface area contributed by atoms with E-state index in [4.69, 9.17) is 0 Å². The minimum atomic E-state index is 0.514. The van der Waals surface area contributed by atoms with Crippen molar-refractivity contribution in [2.24, 2.45) is 0 Å². The fourth-order valence-corrected chi connectivity index (χ4v) is 2.83. The standard InChI is InChI=1S/C14H22BrIN2/c1-4-18(5-2)10-11(3)17-9-12-8-13(15)6-7-14(12)16/h6-8,11,17H,4-5,9-10H2,1-3H3. The molecule has 0 saturated heterocycles. The zero-order chi connectivity index (χ0) is 13.5. The van der Waals surface area contributed by atoms with Crippen molar-refractivity contribution in [3.63, 3.8) is 0 Å². The second-order valence-electron chi connectivity index (χ2n) is 4.50. The van der Waals surface area contributed by atoms with Gasteiger partial charge in [-0.3, -0.25) is 0 Å². The van der Waals surface area contributed by atoms with E-state index in [-0.39, 0.29) is 0 Å². The quantitative estimate of drug-likeness (QED) is 0.668. The highest BCUT2D eigenvalue weighted by molar-refractivity contribution is 14.1. The molecule has 0 heterocycles. The Morgan fingerprint density at radius 1 is 1.33 bits per heavy atom. The van der Waals surface area contributed by atoms with E-state index in [0.717, 1.165) is 30.7 Å². The van der Waals surface area contributed by atoms with Crippen LogP contribution in [0.4, 0.5) is 0 Å². The highest BCUT2D eigenvalue weighted by atomic mass is 127. The Morgan fingerprint density at radius 3 is 2.61 bits per heavy atom. The van der Waals surface area contributed by atoms with Gasteiger partial charge in [-0.2, -0.15) is 0 Å². The third-order valence-corrected chi connectivity index (χ3v) is 4.62. The molecule has 4 heteroatoms. The molecule has 0 saturated carbocycles. The maximum absolute atomic E-state index is 3.60. The summed E-state index contributed by atoms with van der Waals surface area (Å²) in [5.41, 5.74) is 1.36. The molecule has 0 fully saturated rings. The maximum atomic E-state index is 3.60. The van der Waals surface area contributed by atoms with Crippen LogP contribution in [0.25, 0.3) is 0 Å². The van der Waals surface area contributed by atoms with Gasteiger partial charge >= 0.3 is 0 Å². The van der Waals surface area contributed by atoms with E-state index in [0.29, 0.717) is 6.04 Å². The van der Waals surface area contributed by atoms with Crippen LogP contribution in [-0.2, 0) is 6.54 Å². The van der Waals surface area contributed by atoms with Crippen molar-refractivity contribution < 1.29 is 0 Å². The number of nitrogens with zero attached hydrogens (tertiary/aromatic N) is 1. The van der Waals surface area contributed by atoms with Crippen LogP contribution in [0.5, 0.6) is 0 Å². The Bertz CT molecular complexity index is 367. The molecule has 0 aliphatic rings. The predicted octanol–water partition coefficient (Wildman–Crippen LogP) is 3.87. The van der Waals surface area contributed by atoms with Gasteiger partial charge < -0.3 is 10.2 Å². The molecular weight excluding hydrogens is 403 g/mol. The van der Waals surface area contributed by atoms with Crippen molar-refractivity contribution in [3.8, 4) is 0 Å². The number of rotatable bonds is 7. The smallest absolute Gasteiger partial charge is 0.0219 e. The van der Waals surface area contributed by atoms with E-state index in [1.165, 1.54) is 9.13 Å². The lowest BCUT2D eigenvalue weighted by Gasteiger charge is -2.23. The molecule has 2 nitrogen and oxygen atoms in total. The number of likely N-dealkylation sites (N-methyl/N-ethyl adjacent to an activating group) is 1. The van der Waals surface area contributed by atoms with Gasteiger partial charge in [0.25, 0.3) is 0 Å². The van der Waals surface area contributed by atoms with Crippen LogP contribution in [-0.4, -0.2) is 30.6 Å². The van der Waals surface area contributed by atoms with Crippen LogP contribution in [0.2, 0.25) is 0 Å². The van der Waals surface area contributed by atoms with E-state index in [1.54, 1.807) is 0 Å². The highest BCUT2D eigenvalue weighted by Crippen LogP contribution is 2.18. The van der Waals surface area contributed by atoms with Gasteiger partial charge in [0.05, 0.1) is 0 Å². The first-order chi connectivity index (χ1) is 8.56. The van der Waals surface area contributed by atoms with Gasteiger partial charge in [-0.15, -0.1) is 0 Å². The van der Waals surface area contributed by atoms with E-state index >= 15 is 0 Å². The predicted molar refractivity (Wildman–Crippen MR) is 90.9 cm³/mol. The fourth-order valence-electron chi connectivity index (χ4n) is 1.90. The van der Waals surface area contributed by atoms with Crippen molar-refractivity contribution >= 4 is 38.5 Å². The summed E-state index contributed by atoms with van der Waals surface area (Å²) in [5.74, 6) is 0. The van der Waals surface area contributed by atoms with Crippen LogP contribution < -0.4 is 5.32 Å². The molecule has 1 rings (SSSR count). The number of hydrogen-bond acceptors (Lipinski definition) is 2. The van der Waals surface area contributed by atoms with Crippen LogP contribution in [0.3, 0.4) is 0 Å². The number of nitrogens with one attached hydrogen (secondary N) is 1. The third kappa shape index (κ3) is 5.55. The van der Waals surface area contributed by atoms with Crippen LogP contribution in [0.1, 0.15) is 26.3 Å². The van der Waals surface area contributed by atoms with Gasteiger partial charge in [-0.25, -0.2) is 0 Å². The molecule has 1 unspecified atom stereocenters. The van der Waals surface area contributed by atoms with Gasteiger partial charge in [0.2, 0.25) is 0 Å². The first kappa shape index (κ1) is 16.4. The molecule has 0 aromatic heterocycles. The number of hydrogen-bond donors (Lipinski definition) is 1. The van der Waals surface area contributed by atoms with Crippen molar-refractivity contribution in [3.05, 3.63) is 31.8 Å². The molecule has 0 bridgehead atoms. The molecule has 0 amide bonds. The molecule has 1 atom stereocenters. The van der Waals surface area contributed by atoms with Crippen molar-refractivity contribution in [2.75, 3.05) is 19.6 Å². The third-order valence-electron chi connectivity index (χ3n) is 3.08. The summed E-state index contributed by atoms with van der Waals surface area (Å²) in [6.45, 7) is 11.0. The Morgan fingerprint density at radius 2 is 2.00 bits per heavy atom. The molecule has 0 aliphatic carbocycles. The lowest BCUT2D eigenvalue weighted by Crippen LogP contribution is -2.38. The zero-order valence-electron chi connectivity index (χ0n) is 11.3. The van der Waals surface area contributed by atoms with Crippen molar-refractivity contribution in [2.45, 2.75) is 33.4 Å². The zero-order valence-corrected chi connectivity index (χ0v) is 15.1. The average Bonchev–Trinajstić information content (AvgIpc) is 2.37. The maximum Gasteiger partial charge on any atom is 0.0219 e. The average molecular weight is 425 g/mol. The largest absolute Gasteiger partial charge is 0.309 e. The summed E-state index contributed by atoms with van der Waals surface area (Å²) in [5, 5.41) is 3.60. The second-order valence-corrected chi connectivity index (χ2v) is 6.58. The molecule has 0 radical (unpaired) electrons. The van der Waals surface area contributed by atoms with Gasteiger partial charge in [-0.05, 0) is 66.4 Å². The van der Waals surface area contributed by atoms with Gasteiger partial charge in [-0.1, -0.05) is 29.8 Å². The summed E-state index contributed by atoms with van der Waals surface area (Å²) in [7, 11) is 0. The van der Waals surface area contributed by atoms with Crippen molar-refractivity contribution in [1.82, 2.24) is 10.2 Å². The van der Waals surface area contributed by atoms with Crippen LogP contribution in [0, 0.1) is 3.57 Å². The fraction of sp³-hybridized carbons (Fsp3) is 0.571. The van der Waals surface area contributed by atoms with E-state index in [2.05, 4.69) is 87.7 Å². The molecule has 102 valence electrons. The lowest BCUT2D eigenvalue weighted by molar-refractivity contribution is 0.270. The van der Waals surface area contributed by atoms with Gasteiger partial charge in [0.15, 0.2) is 0 Å². The minimum Gasteiger partial charge on any atom is -0.309 e. The molecule has 18 heavy (non-hydrogen) atoms. The first-order valence-corrected chi connectivity index (χ1v) is 8.33. The van der Waals surface area contributed by atoms with E-state index in [9.17, 15) is 0 Å². The summed E-state index contributed by atoms with van der Waals surface area (Å²) in [4.78, 5) is 2.45. The Kier molecular flexibility index (Phi) is 7.75.